The van der Waals surface area contributed by atoms with Crippen LogP contribution in [0.4, 0.5) is 0 Å². The SMILES string of the molecule is CCOC(=O)CCC(=O)CC1CCOC1. The minimum absolute atomic E-state index is 0.138. The van der Waals surface area contributed by atoms with E-state index in [2.05, 4.69) is 0 Å². The molecule has 1 atom stereocenters. The van der Waals surface area contributed by atoms with E-state index >= 15 is 0 Å². The van der Waals surface area contributed by atoms with Gasteiger partial charge in [0.1, 0.15) is 5.78 Å². The van der Waals surface area contributed by atoms with E-state index in [1.54, 1.807) is 6.92 Å². The van der Waals surface area contributed by atoms with E-state index < -0.39 is 0 Å². The average Bonchev–Trinajstić information content (AvgIpc) is 2.68. The summed E-state index contributed by atoms with van der Waals surface area (Å²) in [5.74, 6) is 0.215. The van der Waals surface area contributed by atoms with Gasteiger partial charge >= 0.3 is 5.97 Å². The van der Waals surface area contributed by atoms with Gasteiger partial charge in [-0.1, -0.05) is 0 Å². The number of carbonyl (C=O) groups is 2. The monoisotopic (exact) mass is 214 g/mol. The molecular weight excluding hydrogens is 196 g/mol. The molecule has 0 saturated carbocycles. The van der Waals surface area contributed by atoms with E-state index in [-0.39, 0.29) is 18.2 Å². The van der Waals surface area contributed by atoms with Crippen molar-refractivity contribution in [2.75, 3.05) is 19.8 Å². The van der Waals surface area contributed by atoms with Crippen LogP contribution in [0.15, 0.2) is 0 Å². The highest BCUT2D eigenvalue weighted by atomic mass is 16.5. The van der Waals surface area contributed by atoms with Gasteiger partial charge in [0.05, 0.1) is 13.0 Å². The molecule has 0 aromatic carbocycles. The molecule has 0 aromatic rings. The van der Waals surface area contributed by atoms with Gasteiger partial charge in [-0.3, -0.25) is 9.59 Å². The average molecular weight is 214 g/mol. The second-order valence-electron chi connectivity index (χ2n) is 3.78. The number of rotatable bonds is 6. The van der Waals surface area contributed by atoms with E-state index in [9.17, 15) is 9.59 Å². The van der Waals surface area contributed by atoms with Crippen LogP contribution in [0.2, 0.25) is 0 Å². The molecule has 1 unspecified atom stereocenters. The number of hydrogen-bond donors (Lipinski definition) is 0. The van der Waals surface area contributed by atoms with Gasteiger partial charge in [0, 0.05) is 26.1 Å². The third-order valence-corrected chi connectivity index (χ3v) is 2.45. The first-order valence-corrected chi connectivity index (χ1v) is 5.47. The summed E-state index contributed by atoms with van der Waals surface area (Å²) in [6.45, 7) is 3.58. The Bertz CT molecular complexity index is 219. The van der Waals surface area contributed by atoms with Gasteiger partial charge in [0.15, 0.2) is 0 Å². The molecule has 4 heteroatoms. The maximum atomic E-state index is 11.4. The van der Waals surface area contributed by atoms with Crippen molar-refractivity contribution in [2.45, 2.75) is 32.6 Å². The Morgan fingerprint density at radius 2 is 2.20 bits per heavy atom. The van der Waals surface area contributed by atoms with Gasteiger partial charge in [0.2, 0.25) is 0 Å². The lowest BCUT2D eigenvalue weighted by molar-refractivity contribution is -0.144. The molecule has 1 aliphatic rings. The van der Waals surface area contributed by atoms with Crippen LogP contribution in [0.1, 0.15) is 32.6 Å². The fourth-order valence-electron chi connectivity index (χ4n) is 1.64. The molecule has 1 saturated heterocycles. The first-order chi connectivity index (χ1) is 7.22. The number of hydrogen-bond acceptors (Lipinski definition) is 4. The lowest BCUT2D eigenvalue weighted by atomic mass is 10.00. The fourth-order valence-corrected chi connectivity index (χ4v) is 1.64. The lowest BCUT2D eigenvalue weighted by Gasteiger charge is -2.05. The molecule has 1 rings (SSSR count). The van der Waals surface area contributed by atoms with Crippen molar-refractivity contribution in [3.8, 4) is 0 Å². The van der Waals surface area contributed by atoms with Gasteiger partial charge in [-0.05, 0) is 19.3 Å². The minimum Gasteiger partial charge on any atom is -0.466 e. The number of Topliss-reactive ketones (excluding diaryl/α,β-unsaturated/α-hetero) is 1. The van der Waals surface area contributed by atoms with E-state index in [4.69, 9.17) is 9.47 Å². The quantitative estimate of drug-likeness (QED) is 0.626. The molecule has 0 aliphatic carbocycles. The maximum Gasteiger partial charge on any atom is 0.306 e. The molecule has 4 nitrogen and oxygen atoms in total. The molecule has 0 N–H and O–H groups in total. The first kappa shape index (κ1) is 12.2. The Morgan fingerprint density at radius 1 is 1.40 bits per heavy atom. The van der Waals surface area contributed by atoms with Crippen molar-refractivity contribution in [1.29, 1.82) is 0 Å². The normalized spacial score (nSPS) is 20.2. The van der Waals surface area contributed by atoms with Crippen LogP contribution in [0.5, 0.6) is 0 Å². The smallest absolute Gasteiger partial charge is 0.306 e. The van der Waals surface area contributed by atoms with E-state index in [0.29, 0.717) is 32.0 Å². The molecule has 0 amide bonds. The van der Waals surface area contributed by atoms with Gasteiger partial charge in [-0.15, -0.1) is 0 Å². The summed E-state index contributed by atoms with van der Waals surface area (Å²) in [6, 6.07) is 0. The van der Waals surface area contributed by atoms with Gasteiger partial charge in [0.25, 0.3) is 0 Å². The number of ether oxygens (including phenoxy) is 2. The maximum absolute atomic E-state index is 11.4. The summed E-state index contributed by atoms with van der Waals surface area (Å²) in [5.41, 5.74) is 0. The van der Waals surface area contributed by atoms with Crippen LogP contribution in [0.3, 0.4) is 0 Å². The molecule has 0 bridgehead atoms. The van der Waals surface area contributed by atoms with Crippen molar-refractivity contribution >= 4 is 11.8 Å². The summed E-state index contributed by atoms with van der Waals surface area (Å²) in [7, 11) is 0. The molecule has 1 aliphatic heterocycles. The van der Waals surface area contributed by atoms with E-state index in [1.807, 2.05) is 0 Å². The summed E-state index contributed by atoms with van der Waals surface area (Å²) < 4.78 is 9.92. The molecular formula is C11H18O4. The van der Waals surface area contributed by atoms with Crippen LogP contribution >= 0.6 is 0 Å². The third-order valence-electron chi connectivity index (χ3n) is 2.45. The Hall–Kier alpha value is -0.900. The van der Waals surface area contributed by atoms with Gasteiger partial charge in [-0.25, -0.2) is 0 Å². The Labute approximate surface area is 89.9 Å². The molecule has 0 radical (unpaired) electrons. The van der Waals surface area contributed by atoms with Crippen molar-refractivity contribution in [3.63, 3.8) is 0 Å². The van der Waals surface area contributed by atoms with Crippen LogP contribution in [0, 0.1) is 5.92 Å². The highest BCUT2D eigenvalue weighted by molar-refractivity contribution is 5.83. The molecule has 86 valence electrons. The van der Waals surface area contributed by atoms with Crippen molar-refractivity contribution in [2.24, 2.45) is 5.92 Å². The van der Waals surface area contributed by atoms with E-state index in [0.717, 1.165) is 13.0 Å². The molecule has 0 aromatic heterocycles. The number of esters is 1. The van der Waals surface area contributed by atoms with Crippen LogP contribution < -0.4 is 0 Å². The molecule has 1 heterocycles. The van der Waals surface area contributed by atoms with Crippen molar-refractivity contribution < 1.29 is 19.1 Å². The molecule has 0 spiro atoms. The number of carbonyl (C=O) groups excluding carboxylic acids is 2. The highest BCUT2D eigenvalue weighted by Crippen LogP contribution is 2.17. The Kier molecular flexibility index (Phi) is 5.32. The Balaban J connectivity index is 2.10. The summed E-state index contributed by atoms with van der Waals surface area (Å²) in [5, 5.41) is 0. The summed E-state index contributed by atoms with van der Waals surface area (Å²) in [4.78, 5) is 22.4. The molecule has 15 heavy (non-hydrogen) atoms. The van der Waals surface area contributed by atoms with Crippen LogP contribution in [-0.2, 0) is 19.1 Å². The largest absolute Gasteiger partial charge is 0.466 e. The minimum atomic E-state index is -0.284. The summed E-state index contributed by atoms with van der Waals surface area (Å²) >= 11 is 0. The van der Waals surface area contributed by atoms with Gasteiger partial charge < -0.3 is 9.47 Å². The second-order valence-corrected chi connectivity index (χ2v) is 3.78. The summed E-state index contributed by atoms with van der Waals surface area (Å²) in [6.07, 6.45) is 2.01. The second kappa shape index (κ2) is 6.56. The van der Waals surface area contributed by atoms with Crippen molar-refractivity contribution in [3.05, 3.63) is 0 Å². The standard InChI is InChI=1S/C11H18O4/c1-2-15-11(13)4-3-10(12)7-9-5-6-14-8-9/h9H,2-8H2,1H3. The third kappa shape index (κ3) is 4.93. The van der Waals surface area contributed by atoms with Crippen LogP contribution in [-0.4, -0.2) is 31.6 Å². The predicted octanol–water partition coefficient (Wildman–Crippen LogP) is 1.33. The van der Waals surface area contributed by atoms with Gasteiger partial charge in [-0.2, -0.15) is 0 Å². The molecule has 1 fully saturated rings. The lowest BCUT2D eigenvalue weighted by Crippen LogP contribution is -2.11. The van der Waals surface area contributed by atoms with E-state index in [1.165, 1.54) is 0 Å². The van der Waals surface area contributed by atoms with Crippen LogP contribution in [0.25, 0.3) is 0 Å². The topological polar surface area (TPSA) is 52.6 Å². The zero-order chi connectivity index (χ0) is 11.1. The van der Waals surface area contributed by atoms with Crippen molar-refractivity contribution in [1.82, 2.24) is 0 Å². The Morgan fingerprint density at radius 3 is 2.80 bits per heavy atom. The zero-order valence-electron chi connectivity index (χ0n) is 9.16. The zero-order valence-corrected chi connectivity index (χ0v) is 9.16. The number of ketones is 1. The first-order valence-electron chi connectivity index (χ1n) is 5.47. The fraction of sp³-hybridized carbons (Fsp3) is 0.818. The predicted molar refractivity (Wildman–Crippen MR) is 54.4 cm³/mol. The highest BCUT2D eigenvalue weighted by Gasteiger charge is 2.19.